The van der Waals surface area contributed by atoms with Gasteiger partial charge >= 0.3 is 5.97 Å². The number of ketones is 1. The minimum Gasteiger partial charge on any atom is -0.490 e. The van der Waals surface area contributed by atoms with Gasteiger partial charge in [0.15, 0.2) is 5.78 Å². The summed E-state index contributed by atoms with van der Waals surface area (Å²) in [4.78, 5) is 23.4. The molecule has 0 saturated heterocycles. The number of rotatable bonds is 7. The second-order valence-corrected chi connectivity index (χ2v) is 5.81. The van der Waals surface area contributed by atoms with Crippen molar-refractivity contribution in [2.24, 2.45) is 0 Å². The molecule has 2 aromatic rings. The molecule has 0 unspecified atom stereocenters. The smallest absolute Gasteiger partial charge is 0.343 e. The molecule has 2 rings (SSSR count). The Morgan fingerprint density at radius 3 is 2.25 bits per heavy atom. The Balaban J connectivity index is 2.04. The normalized spacial score (nSPS) is 10.3. The summed E-state index contributed by atoms with van der Waals surface area (Å²) in [6.07, 6.45) is 0. The minimum absolute atomic E-state index is 0.0409. The molecule has 0 radical (unpaired) electrons. The van der Waals surface area contributed by atoms with Crippen molar-refractivity contribution in [3.05, 3.63) is 58.1 Å². The topological polar surface area (TPSA) is 61.8 Å². The molecule has 0 heterocycles. The van der Waals surface area contributed by atoms with Gasteiger partial charge in [-0.25, -0.2) is 4.79 Å². The number of carbonyl (C=O) groups excluding carboxylic acids is 2. The monoisotopic (exact) mass is 392 g/mol. The summed E-state index contributed by atoms with van der Waals surface area (Å²) in [5, 5.41) is 0. The van der Waals surface area contributed by atoms with Crippen molar-refractivity contribution in [2.45, 2.75) is 6.92 Å². The van der Waals surface area contributed by atoms with Crippen LogP contribution in [0.15, 0.2) is 46.9 Å². The molecule has 0 N–H and O–H groups in total. The largest absolute Gasteiger partial charge is 0.490 e. The zero-order valence-corrected chi connectivity index (χ0v) is 15.0. The second kappa shape index (κ2) is 8.61. The fourth-order valence-electron chi connectivity index (χ4n) is 1.90. The van der Waals surface area contributed by atoms with Crippen molar-refractivity contribution in [2.75, 3.05) is 20.3 Å². The molecule has 0 spiro atoms. The van der Waals surface area contributed by atoms with Crippen LogP contribution in [0.5, 0.6) is 11.5 Å². The third-order valence-corrected chi connectivity index (χ3v) is 3.80. The SMILES string of the molecule is COCCOc1ccc(C(=O)Oc2ccc(C(C)=O)cc2)cc1Br. The molecular weight excluding hydrogens is 376 g/mol. The summed E-state index contributed by atoms with van der Waals surface area (Å²) in [6, 6.07) is 11.4. The average molecular weight is 393 g/mol. The van der Waals surface area contributed by atoms with Crippen LogP contribution in [0.1, 0.15) is 27.6 Å². The highest BCUT2D eigenvalue weighted by atomic mass is 79.9. The first kappa shape index (κ1) is 18.2. The first-order valence-corrected chi connectivity index (χ1v) is 8.05. The Morgan fingerprint density at radius 1 is 1.00 bits per heavy atom. The lowest BCUT2D eigenvalue weighted by Gasteiger charge is -2.09. The van der Waals surface area contributed by atoms with E-state index in [-0.39, 0.29) is 5.78 Å². The maximum atomic E-state index is 12.2. The number of hydrogen-bond donors (Lipinski definition) is 0. The van der Waals surface area contributed by atoms with Crippen molar-refractivity contribution in [1.82, 2.24) is 0 Å². The molecule has 0 aliphatic carbocycles. The molecule has 0 bridgehead atoms. The number of methoxy groups -OCH3 is 1. The Kier molecular flexibility index (Phi) is 6.52. The molecule has 0 atom stereocenters. The van der Waals surface area contributed by atoms with Gasteiger partial charge in [-0.2, -0.15) is 0 Å². The lowest BCUT2D eigenvalue weighted by molar-refractivity contribution is 0.0734. The van der Waals surface area contributed by atoms with E-state index in [1.54, 1.807) is 49.6 Å². The van der Waals surface area contributed by atoms with Gasteiger partial charge in [0.25, 0.3) is 0 Å². The van der Waals surface area contributed by atoms with E-state index >= 15 is 0 Å². The van der Waals surface area contributed by atoms with Gasteiger partial charge in [-0.3, -0.25) is 4.79 Å². The van der Waals surface area contributed by atoms with E-state index < -0.39 is 5.97 Å². The van der Waals surface area contributed by atoms with Crippen LogP contribution in [-0.4, -0.2) is 32.1 Å². The molecule has 0 saturated carbocycles. The summed E-state index contributed by atoms with van der Waals surface area (Å²) in [7, 11) is 1.60. The molecule has 0 aliphatic rings. The standard InChI is InChI=1S/C18H17BrO5/c1-12(20)13-3-6-15(7-4-13)24-18(21)14-5-8-17(16(19)11-14)23-10-9-22-2/h3-8,11H,9-10H2,1-2H3. The Morgan fingerprint density at radius 2 is 1.67 bits per heavy atom. The predicted molar refractivity (Wildman–Crippen MR) is 92.9 cm³/mol. The Bertz CT molecular complexity index is 725. The highest BCUT2D eigenvalue weighted by molar-refractivity contribution is 9.10. The summed E-state index contributed by atoms with van der Waals surface area (Å²) in [5.74, 6) is 0.464. The van der Waals surface area contributed by atoms with Gasteiger partial charge in [-0.15, -0.1) is 0 Å². The summed E-state index contributed by atoms with van der Waals surface area (Å²) < 4.78 is 16.4. The zero-order chi connectivity index (χ0) is 17.5. The maximum Gasteiger partial charge on any atom is 0.343 e. The quantitative estimate of drug-likeness (QED) is 0.309. The predicted octanol–water partition coefficient (Wildman–Crippen LogP) is 3.90. The number of halogens is 1. The van der Waals surface area contributed by atoms with Gasteiger partial charge in [0.05, 0.1) is 16.6 Å². The second-order valence-electron chi connectivity index (χ2n) is 4.96. The van der Waals surface area contributed by atoms with Crippen molar-refractivity contribution in [1.29, 1.82) is 0 Å². The van der Waals surface area contributed by atoms with Gasteiger partial charge in [0.2, 0.25) is 0 Å². The molecule has 0 aromatic heterocycles. The minimum atomic E-state index is -0.491. The van der Waals surface area contributed by atoms with Gasteiger partial charge in [0, 0.05) is 12.7 Å². The molecular formula is C18H17BrO5. The van der Waals surface area contributed by atoms with Crippen molar-refractivity contribution < 1.29 is 23.8 Å². The van der Waals surface area contributed by atoms with Gasteiger partial charge in [-0.1, -0.05) is 0 Å². The third-order valence-electron chi connectivity index (χ3n) is 3.18. The van der Waals surface area contributed by atoms with Crippen LogP contribution in [0.3, 0.4) is 0 Å². The van der Waals surface area contributed by atoms with Crippen LogP contribution < -0.4 is 9.47 Å². The molecule has 24 heavy (non-hydrogen) atoms. The first-order valence-electron chi connectivity index (χ1n) is 7.25. The van der Waals surface area contributed by atoms with Crippen LogP contribution in [0, 0.1) is 0 Å². The van der Waals surface area contributed by atoms with Crippen molar-refractivity contribution in [3.63, 3.8) is 0 Å². The fourth-order valence-corrected chi connectivity index (χ4v) is 2.40. The molecule has 2 aromatic carbocycles. The van der Waals surface area contributed by atoms with E-state index in [4.69, 9.17) is 14.2 Å². The van der Waals surface area contributed by atoms with Crippen molar-refractivity contribution >= 4 is 27.7 Å². The third kappa shape index (κ3) is 4.91. The van der Waals surface area contributed by atoms with Crippen LogP contribution in [0.25, 0.3) is 0 Å². The van der Waals surface area contributed by atoms with Gasteiger partial charge in [0.1, 0.15) is 18.1 Å². The summed E-state index contributed by atoms with van der Waals surface area (Å²) in [6.45, 7) is 2.38. The maximum absolute atomic E-state index is 12.2. The van der Waals surface area contributed by atoms with E-state index in [1.807, 2.05) is 0 Å². The van der Waals surface area contributed by atoms with Gasteiger partial charge < -0.3 is 14.2 Å². The molecule has 5 nitrogen and oxygen atoms in total. The zero-order valence-electron chi connectivity index (χ0n) is 13.4. The molecule has 6 heteroatoms. The summed E-state index contributed by atoms with van der Waals surface area (Å²) in [5.41, 5.74) is 0.951. The fraction of sp³-hybridized carbons (Fsp3) is 0.222. The molecule has 0 fully saturated rings. The molecule has 0 amide bonds. The number of ether oxygens (including phenoxy) is 3. The number of Topliss-reactive ketones (excluding diaryl/α,β-unsaturated/α-hetero) is 1. The molecule has 126 valence electrons. The van der Waals surface area contributed by atoms with E-state index in [2.05, 4.69) is 15.9 Å². The van der Waals surface area contributed by atoms with E-state index in [0.29, 0.717) is 40.3 Å². The number of esters is 1. The van der Waals surface area contributed by atoms with Gasteiger partial charge in [-0.05, 0) is 65.3 Å². The highest BCUT2D eigenvalue weighted by Gasteiger charge is 2.12. The number of carbonyl (C=O) groups is 2. The summed E-state index contributed by atoms with van der Waals surface area (Å²) >= 11 is 3.37. The average Bonchev–Trinajstić information content (AvgIpc) is 2.57. The first-order chi connectivity index (χ1) is 11.5. The molecule has 0 aliphatic heterocycles. The Hall–Kier alpha value is -2.18. The van der Waals surface area contributed by atoms with Crippen molar-refractivity contribution in [3.8, 4) is 11.5 Å². The number of hydrogen-bond acceptors (Lipinski definition) is 5. The van der Waals surface area contributed by atoms with E-state index in [9.17, 15) is 9.59 Å². The van der Waals surface area contributed by atoms with Crippen LogP contribution in [0.4, 0.5) is 0 Å². The lowest BCUT2D eigenvalue weighted by Crippen LogP contribution is -2.09. The van der Waals surface area contributed by atoms with E-state index in [0.717, 1.165) is 0 Å². The highest BCUT2D eigenvalue weighted by Crippen LogP contribution is 2.26. The number of benzene rings is 2. The van der Waals surface area contributed by atoms with Crippen LogP contribution in [-0.2, 0) is 4.74 Å². The van der Waals surface area contributed by atoms with Crippen LogP contribution >= 0.6 is 15.9 Å². The lowest BCUT2D eigenvalue weighted by atomic mass is 10.1. The Labute approximate surface area is 148 Å². The van der Waals surface area contributed by atoms with E-state index in [1.165, 1.54) is 6.92 Å². The van der Waals surface area contributed by atoms with Crippen LogP contribution in [0.2, 0.25) is 0 Å².